The maximum atomic E-state index is 8.83. The number of hydrogen-bond donors (Lipinski definition) is 1. The Morgan fingerprint density at radius 1 is 1.53 bits per heavy atom. The third-order valence-electron chi connectivity index (χ3n) is 2.87. The van der Waals surface area contributed by atoms with Gasteiger partial charge in [0.1, 0.15) is 11.8 Å². The van der Waals surface area contributed by atoms with E-state index in [1.807, 2.05) is 6.07 Å². The summed E-state index contributed by atoms with van der Waals surface area (Å²) in [6, 6.07) is 3.59. The second-order valence-corrected chi connectivity index (χ2v) is 4.06. The quantitative estimate of drug-likeness (QED) is 0.852. The van der Waals surface area contributed by atoms with Crippen LogP contribution in [0.3, 0.4) is 0 Å². The maximum absolute atomic E-state index is 8.83. The van der Waals surface area contributed by atoms with E-state index in [0.717, 1.165) is 26.1 Å². The van der Waals surface area contributed by atoms with Crippen LogP contribution in [-0.4, -0.2) is 24.8 Å². The first kappa shape index (κ1) is 11.7. The predicted octanol–water partition coefficient (Wildman–Crippen LogP) is 1.34. The smallest absolute Gasteiger partial charge is 0.238 e. The van der Waals surface area contributed by atoms with Crippen molar-refractivity contribution in [1.82, 2.24) is 4.98 Å². The van der Waals surface area contributed by atoms with E-state index in [1.165, 1.54) is 6.20 Å². The van der Waals surface area contributed by atoms with Gasteiger partial charge in [0.05, 0.1) is 12.2 Å². The summed E-state index contributed by atoms with van der Waals surface area (Å²) in [4.78, 5) is 4.04. The van der Waals surface area contributed by atoms with Crippen LogP contribution in [0, 0.1) is 17.2 Å². The predicted molar refractivity (Wildman–Crippen MR) is 62.4 cm³/mol. The molecule has 0 aromatic carbocycles. The fourth-order valence-corrected chi connectivity index (χ4v) is 1.78. The minimum Gasteiger partial charge on any atom is -0.476 e. The molecule has 1 saturated heterocycles. The van der Waals surface area contributed by atoms with Crippen LogP contribution in [0.4, 0.5) is 5.69 Å². The Bertz CT molecular complexity index is 422. The highest BCUT2D eigenvalue weighted by molar-refractivity contribution is 5.59. The Labute approximate surface area is 100 Å². The topological polar surface area (TPSA) is 81.2 Å². The van der Waals surface area contributed by atoms with Gasteiger partial charge in [-0.05, 0) is 24.8 Å². The number of pyridine rings is 1. The largest absolute Gasteiger partial charge is 0.476 e. The van der Waals surface area contributed by atoms with Gasteiger partial charge in [0.25, 0.3) is 0 Å². The number of anilines is 1. The highest BCUT2D eigenvalue weighted by Gasteiger charge is 2.16. The summed E-state index contributed by atoms with van der Waals surface area (Å²) in [5.41, 5.74) is 6.50. The third kappa shape index (κ3) is 2.86. The molecule has 0 aliphatic carbocycles. The average molecular weight is 233 g/mol. The fourth-order valence-electron chi connectivity index (χ4n) is 1.78. The summed E-state index contributed by atoms with van der Waals surface area (Å²) < 4.78 is 10.8. The molecular formula is C12H15N3O2. The Hall–Kier alpha value is -1.80. The number of nitriles is 1. The van der Waals surface area contributed by atoms with Crippen molar-refractivity contribution < 1.29 is 9.47 Å². The molecule has 2 heterocycles. The molecule has 2 N–H and O–H groups in total. The van der Waals surface area contributed by atoms with Crippen LogP contribution < -0.4 is 10.5 Å². The van der Waals surface area contributed by atoms with E-state index in [1.54, 1.807) is 6.07 Å². The number of nitrogens with two attached hydrogens (primary N) is 1. The van der Waals surface area contributed by atoms with Gasteiger partial charge in [0.2, 0.25) is 5.88 Å². The molecule has 5 nitrogen and oxygen atoms in total. The third-order valence-corrected chi connectivity index (χ3v) is 2.87. The van der Waals surface area contributed by atoms with Crippen LogP contribution in [0.1, 0.15) is 18.4 Å². The molecule has 90 valence electrons. The van der Waals surface area contributed by atoms with Gasteiger partial charge >= 0.3 is 0 Å². The van der Waals surface area contributed by atoms with Crippen LogP contribution in [0.15, 0.2) is 12.3 Å². The molecular weight excluding hydrogens is 218 g/mol. The van der Waals surface area contributed by atoms with Gasteiger partial charge in [-0.3, -0.25) is 0 Å². The van der Waals surface area contributed by atoms with Crippen LogP contribution in [0.2, 0.25) is 0 Å². The molecule has 0 radical (unpaired) electrons. The highest BCUT2D eigenvalue weighted by Crippen LogP contribution is 2.23. The summed E-state index contributed by atoms with van der Waals surface area (Å²) >= 11 is 0. The lowest BCUT2D eigenvalue weighted by molar-refractivity contribution is 0.0492. The summed E-state index contributed by atoms with van der Waals surface area (Å²) in [7, 11) is 0. The molecule has 2 rings (SSSR count). The van der Waals surface area contributed by atoms with Gasteiger partial charge in [-0.15, -0.1) is 0 Å². The van der Waals surface area contributed by atoms with Crippen molar-refractivity contribution in [2.24, 2.45) is 5.92 Å². The van der Waals surface area contributed by atoms with E-state index < -0.39 is 0 Å². The van der Waals surface area contributed by atoms with Crippen molar-refractivity contribution in [2.75, 3.05) is 25.6 Å². The molecule has 5 heteroatoms. The number of rotatable bonds is 3. The van der Waals surface area contributed by atoms with Gasteiger partial charge in [-0.25, -0.2) is 4.98 Å². The number of aromatic nitrogens is 1. The summed E-state index contributed by atoms with van der Waals surface area (Å²) in [5.74, 6) is 0.839. The zero-order valence-electron chi connectivity index (χ0n) is 9.56. The Balaban J connectivity index is 1.96. The van der Waals surface area contributed by atoms with E-state index in [2.05, 4.69) is 4.98 Å². The van der Waals surface area contributed by atoms with Crippen molar-refractivity contribution in [3.8, 4) is 11.9 Å². The van der Waals surface area contributed by atoms with Gasteiger partial charge in [0.15, 0.2) is 0 Å². The molecule has 0 spiro atoms. The molecule has 1 aromatic heterocycles. The number of nitrogen functional groups attached to an aromatic ring is 1. The van der Waals surface area contributed by atoms with Gasteiger partial charge in [-0.2, -0.15) is 5.26 Å². The van der Waals surface area contributed by atoms with Crippen LogP contribution in [0.5, 0.6) is 5.88 Å². The van der Waals surface area contributed by atoms with Crippen molar-refractivity contribution >= 4 is 5.69 Å². The molecule has 1 aliphatic heterocycles. The first-order valence-corrected chi connectivity index (χ1v) is 5.66. The van der Waals surface area contributed by atoms with Gasteiger partial charge < -0.3 is 15.2 Å². The van der Waals surface area contributed by atoms with Crippen LogP contribution in [-0.2, 0) is 4.74 Å². The summed E-state index contributed by atoms with van der Waals surface area (Å²) in [5, 5.41) is 8.83. The van der Waals surface area contributed by atoms with Crippen molar-refractivity contribution in [1.29, 1.82) is 5.26 Å². The molecule has 0 unspecified atom stereocenters. The highest BCUT2D eigenvalue weighted by atomic mass is 16.5. The van der Waals surface area contributed by atoms with Crippen LogP contribution in [0.25, 0.3) is 0 Å². The Morgan fingerprint density at radius 3 is 3.00 bits per heavy atom. The van der Waals surface area contributed by atoms with Gasteiger partial charge in [0, 0.05) is 19.4 Å². The average Bonchev–Trinajstić information content (AvgIpc) is 2.39. The van der Waals surface area contributed by atoms with E-state index in [-0.39, 0.29) is 0 Å². The molecule has 0 atom stereocenters. The van der Waals surface area contributed by atoms with Gasteiger partial charge in [-0.1, -0.05) is 0 Å². The molecule has 17 heavy (non-hydrogen) atoms. The lowest BCUT2D eigenvalue weighted by atomic mass is 10.0. The minimum atomic E-state index is 0.321. The van der Waals surface area contributed by atoms with Crippen LogP contribution >= 0.6 is 0 Å². The summed E-state index contributed by atoms with van der Waals surface area (Å²) in [6.45, 7) is 2.15. The Kier molecular flexibility index (Phi) is 3.78. The van der Waals surface area contributed by atoms with E-state index in [9.17, 15) is 0 Å². The molecule has 1 fully saturated rings. The molecule has 0 bridgehead atoms. The second-order valence-electron chi connectivity index (χ2n) is 4.06. The lowest BCUT2D eigenvalue weighted by Gasteiger charge is -2.22. The zero-order valence-corrected chi connectivity index (χ0v) is 9.56. The molecule has 1 aliphatic rings. The first-order chi connectivity index (χ1) is 8.31. The number of hydrogen-bond acceptors (Lipinski definition) is 5. The molecule has 1 aromatic rings. The van der Waals surface area contributed by atoms with Crippen molar-refractivity contribution in [3.05, 3.63) is 17.8 Å². The number of nitrogens with zero attached hydrogens (tertiary/aromatic N) is 2. The fraction of sp³-hybridized carbons (Fsp3) is 0.500. The maximum Gasteiger partial charge on any atom is 0.238 e. The zero-order chi connectivity index (χ0) is 12.1. The summed E-state index contributed by atoms with van der Waals surface area (Å²) in [6.07, 6.45) is 3.53. The second kappa shape index (κ2) is 5.51. The molecule has 0 saturated carbocycles. The van der Waals surface area contributed by atoms with Crippen molar-refractivity contribution in [2.45, 2.75) is 12.8 Å². The van der Waals surface area contributed by atoms with E-state index in [4.69, 9.17) is 20.5 Å². The van der Waals surface area contributed by atoms with Crippen molar-refractivity contribution in [3.63, 3.8) is 0 Å². The normalized spacial score (nSPS) is 16.4. The Morgan fingerprint density at radius 2 is 2.29 bits per heavy atom. The monoisotopic (exact) mass is 233 g/mol. The standard InChI is InChI=1S/C12H15N3O2/c13-7-10-1-4-15-12(11(10)14)17-8-9-2-5-16-6-3-9/h1,4,9H,2-3,5-6,8,14H2. The van der Waals surface area contributed by atoms with E-state index in [0.29, 0.717) is 29.7 Å². The first-order valence-electron chi connectivity index (χ1n) is 5.66. The lowest BCUT2D eigenvalue weighted by Crippen LogP contribution is -2.22. The van der Waals surface area contributed by atoms with E-state index >= 15 is 0 Å². The molecule has 0 amide bonds. The SMILES string of the molecule is N#Cc1ccnc(OCC2CCOCC2)c1N. The number of ether oxygens (including phenoxy) is 2. The minimum absolute atomic E-state index is 0.321.